The Balaban J connectivity index is 1.75. The van der Waals surface area contributed by atoms with Crippen molar-refractivity contribution in [3.05, 3.63) is 17.5 Å². The number of fused-ring (bicyclic) bond motifs is 1. The first-order chi connectivity index (χ1) is 10.6. The van der Waals surface area contributed by atoms with Gasteiger partial charge in [-0.2, -0.15) is 5.10 Å². The molecular formula is C17H27N3O2. The minimum absolute atomic E-state index is 0.00707. The van der Waals surface area contributed by atoms with Gasteiger partial charge in [0.15, 0.2) is 0 Å². The summed E-state index contributed by atoms with van der Waals surface area (Å²) >= 11 is 0. The van der Waals surface area contributed by atoms with Gasteiger partial charge in [-0.1, -0.05) is 19.3 Å². The van der Waals surface area contributed by atoms with Crippen molar-refractivity contribution in [2.45, 2.75) is 70.4 Å². The first-order valence-electron chi connectivity index (χ1n) is 8.62. The van der Waals surface area contributed by atoms with Gasteiger partial charge in [0.25, 0.3) is 5.91 Å². The van der Waals surface area contributed by atoms with Gasteiger partial charge >= 0.3 is 0 Å². The number of nitrogens with one attached hydrogen (secondary N) is 1. The molecule has 1 saturated carbocycles. The van der Waals surface area contributed by atoms with Crippen LogP contribution in [-0.4, -0.2) is 32.9 Å². The summed E-state index contributed by atoms with van der Waals surface area (Å²) in [5.74, 6) is 0.284. The Kier molecular flexibility index (Phi) is 4.52. The number of carbonyl (C=O) groups excluding carboxylic acids is 1. The molecule has 2 aliphatic rings. The highest BCUT2D eigenvalue weighted by atomic mass is 16.3. The minimum atomic E-state index is -0.527. The van der Waals surface area contributed by atoms with E-state index in [2.05, 4.69) is 10.4 Å². The molecule has 22 heavy (non-hydrogen) atoms. The molecule has 1 fully saturated rings. The average molecular weight is 305 g/mol. The number of aliphatic hydroxyl groups excluding tert-OH is 1. The van der Waals surface area contributed by atoms with E-state index in [1.165, 1.54) is 19.3 Å². The Labute approximate surface area is 132 Å². The quantitative estimate of drug-likeness (QED) is 0.897. The summed E-state index contributed by atoms with van der Waals surface area (Å²) in [5, 5.41) is 17.3. The lowest BCUT2D eigenvalue weighted by atomic mass is 9.76. The molecule has 0 saturated heterocycles. The van der Waals surface area contributed by atoms with Gasteiger partial charge in [-0.25, -0.2) is 0 Å². The van der Waals surface area contributed by atoms with Crippen molar-refractivity contribution < 1.29 is 9.90 Å². The van der Waals surface area contributed by atoms with E-state index in [-0.39, 0.29) is 12.5 Å². The van der Waals surface area contributed by atoms with Crippen LogP contribution in [0.2, 0.25) is 0 Å². The molecule has 5 nitrogen and oxygen atoms in total. The molecule has 0 bridgehead atoms. The number of aliphatic hydroxyl groups is 1. The molecule has 2 heterocycles. The Hall–Kier alpha value is -1.36. The largest absolute Gasteiger partial charge is 0.394 e. The summed E-state index contributed by atoms with van der Waals surface area (Å²) in [5.41, 5.74) is 1.21. The lowest BCUT2D eigenvalue weighted by Gasteiger charge is -2.39. The van der Waals surface area contributed by atoms with Crippen molar-refractivity contribution in [1.29, 1.82) is 0 Å². The number of nitrogens with zero attached hydrogens (tertiary/aromatic N) is 2. The third-order valence-electron chi connectivity index (χ3n) is 5.46. The number of aromatic nitrogens is 2. The van der Waals surface area contributed by atoms with Gasteiger partial charge in [-0.05, 0) is 44.9 Å². The lowest BCUT2D eigenvalue weighted by Crippen LogP contribution is -2.54. The minimum Gasteiger partial charge on any atom is -0.394 e. The van der Waals surface area contributed by atoms with Crippen molar-refractivity contribution in [2.24, 2.45) is 5.92 Å². The first kappa shape index (κ1) is 15.5. The van der Waals surface area contributed by atoms with Gasteiger partial charge < -0.3 is 10.4 Å². The number of hydrogen-bond acceptors (Lipinski definition) is 3. The maximum absolute atomic E-state index is 12.7. The molecule has 2 N–H and O–H groups in total. The second-order valence-electron chi connectivity index (χ2n) is 7.05. The van der Waals surface area contributed by atoms with Crippen LogP contribution in [-0.2, 0) is 13.0 Å². The molecular weight excluding hydrogens is 278 g/mol. The van der Waals surface area contributed by atoms with Crippen molar-refractivity contribution in [1.82, 2.24) is 15.1 Å². The van der Waals surface area contributed by atoms with Gasteiger partial charge in [0.1, 0.15) is 0 Å². The van der Waals surface area contributed by atoms with Crippen LogP contribution in [0.25, 0.3) is 0 Å². The Morgan fingerprint density at radius 1 is 1.36 bits per heavy atom. The average Bonchev–Trinajstić information content (AvgIpc) is 2.99. The van der Waals surface area contributed by atoms with E-state index in [0.717, 1.165) is 44.3 Å². The van der Waals surface area contributed by atoms with Gasteiger partial charge in [-0.3, -0.25) is 9.48 Å². The summed E-state index contributed by atoms with van der Waals surface area (Å²) in [7, 11) is 0. The summed E-state index contributed by atoms with van der Waals surface area (Å²) in [6.45, 7) is 2.88. The molecule has 1 aliphatic carbocycles. The third-order valence-corrected chi connectivity index (χ3v) is 5.46. The van der Waals surface area contributed by atoms with Crippen LogP contribution in [0.4, 0.5) is 0 Å². The number of amides is 1. The van der Waals surface area contributed by atoms with Crippen molar-refractivity contribution in [3.63, 3.8) is 0 Å². The van der Waals surface area contributed by atoms with Gasteiger partial charge in [0.2, 0.25) is 0 Å². The topological polar surface area (TPSA) is 67.2 Å². The second-order valence-corrected chi connectivity index (χ2v) is 7.05. The highest BCUT2D eigenvalue weighted by molar-refractivity contribution is 5.95. The molecule has 0 spiro atoms. The standard InChI is InChI=1S/C17H27N3O2/c1-17(12-21,13-7-3-2-4-8-13)19-16(22)14-11-18-20-10-6-5-9-15(14)20/h11,13,21H,2-10,12H2,1H3,(H,19,22)/t17-/m0/s1. The lowest BCUT2D eigenvalue weighted by molar-refractivity contribution is 0.0678. The third kappa shape index (κ3) is 2.91. The summed E-state index contributed by atoms with van der Waals surface area (Å²) in [4.78, 5) is 12.7. The molecule has 0 unspecified atom stereocenters. The van der Waals surface area contributed by atoms with Crippen molar-refractivity contribution in [2.75, 3.05) is 6.61 Å². The predicted molar refractivity (Wildman–Crippen MR) is 84.7 cm³/mol. The molecule has 3 rings (SSSR count). The van der Waals surface area contributed by atoms with Gasteiger partial charge in [0.05, 0.1) is 29.6 Å². The van der Waals surface area contributed by atoms with E-state index in [1.54, 1.807) is 6.20 Å². The van der Waals surface area contributed by atoms with Gasteiger partial charge in [0, 0.05) is 6.54 Å². The van der Waals surface area contributed by atoms with E-state index in [4.69, 9.17) is 0 Å². The van der Waals surface area contributed by atoms with Crippen molar-refractivity contribution >= 4 is 5.91 Å². The van der Waals surface area contributed by atoms with E-state index < -0.39 is 5.54 Å². The molecule has 1 aromatic heterocycles. The fourth-order valence-corrected chi connectivity index (χ4v) is 3.95. The maximum atomic E-state index is 12.7. The molecule has 122 valence electrons. The predicted octanol–water partition coefficient (Wildman–Crippen LogP) is 2.28. The SMILES string of the molecule is C[C@@](CO)(NC(=O)c1cnn2c1CCCC2)C1CCCCC1. The van der Waals surface area contributed by atoms with Crippen LogP contribution in [0.15, 0.2) is 6.20 Å². The molecule has 1 atom stereocenters. The number of rotatable bonds is 4. The molecule has 1 amide bonds. The number of hydrogen-bond donors (Lipinski definition) is 2. The zero-order valence-electron chi connectivity index (χ0n) is 13.5. The molecule has 0 radical (unpaired) electrons. The molecule has 1 aliphatic heterocycles. The monoisotopic (exact) mass is 305 g/mol. The highest BCUT2D eigenvalue weighted by Crippen LogP contribution is 2.33. The Bertz CT molecular complexity index is 534. The first-order valence-corrected chi connectivity index (χ1v) is 8.62. The summed E-state index contributed by atoms with van der Waals surface area (Å²) < 4.78 is 1.95. The zero-order valence-corrected chi connectivity index (χ0v) is 13.5. The fourth-order valence-electron chi connectivity index (χ4n) is 3.95. The maximum Gasteiger partial charge on any atom is 0.255 e. The van der Waals surface area contributed by atoms with Crippen molar-refractivity contribution in [3.8, 4) is 0 Å². The smallest absolute Gasteiger partial charge is 0.255 e. The highest BCUT2D eigenvalue weighted by Gasteiger charge is 2.36. The molecule has 0 aromatic carbocycles. The van der Waals surface area contributed by atoms with Crippen LogP contribution in [0, 0.1) is 5.92 Å². The van der Waals surface area contributed by atoms with Crippen LogP contribution in [0.1, 0.15) is 67.9 Å². The van der Waals surface area contributed by atoms with Crippen LogP contribution in [0.5, 0.6) is 0 Å². The van der Waals surface area contributed by atoms with Gasteiger partial charge in [-0.15, -0.1) is 0 Å². The van der Waals surface area contributed by atoms with Crippen LogP contribution >= 0.6 is 0 Å². The second kappa shape index (κ2) is 6.41. The fraction of sp³-hybridized carbons (Fsp3) is 0.765. The zero-order chi connectivity index (χ0) is 15.6. The molecule has 5 heteroatoms. The normalized spacial score (nSPS) is 21.9. The van der Waals surface area contributed by atoms with Crippen LogP contribution < -0.4 is 5.32 Å². The Morgan fingerprint density at radius 2 is 2.14 bits per heavy atom. The van der Waals surface area contributed by atoms with E-state index in [9.17, 15) is 9.90 Å². The van der Waals surface area contributed by atoms with Crippen LogP contribution in [0.3, 0.4) is 0 Å². The summed E-state index contributed by atoms with van der Waals surface area (Å²) in [6.07, 6.45) is 10.7. The van der Waals surface area contributed by atoms with E-state index in [1.807, 2.05) is 11.6 Å². The van der Waals surface area contributed by atoms with E-state index in [0.29, 0.717) is 11.5 Å². The Morgan fingerprint density at radius 3 is 2.86 bits per heavy atom. The number of aryl methyl sites for hydroxylation is 1. The molecule has 1 aromatic rings. The number of carbonyl (C=O) groups is 1. The van der Waals surface area contributed by atoms with E-state index >= 15 is 0 Å². The summed E-state index contributed by atoms with van der Waals surface area (Å²) in [6, 6.07) is 0.